The fourth-order valence-electron chi connectivity index (χ4n) is 2.40. The van der Waals surface area contributed by atoms with E-state index in [2.05, 4.69) is 22.9 Å². The number of fused-ring (bicyclic) bond motifs is 1. The molecular weight excluding hydrogens is 360 g/mol. The van der Waals surface area contributed by atoms with Gasteiger partial charge in [0, 0.05) is 6.54 Å². The number of thioether (sulfide) groups is 1. The zero-order valence-corrected chi connectivity index (χ0v) is 16.8. The molecule has 1 aromatic carbocycles. The highest BCUT2D eigenvalue weighted by atomic mass is 32.2. The largest absolute Gasteiger partial charge is 0.337 e. The third kappa shape index (κ3) is 4.40. The van der Waals surface area contributed by atoms with Gasteiger partial charge >= 0.3 is 0 Å². The molecule has 0 saturated heterocycles. The Morgan fingerprint density at radius 2 is 2.11 bits per heavy atom. The second kappa shape index (κ2) is 8.40. The molecule has 142 valence electrons. The fraction of sp³-hybridized carbons (Fsp3) is 0.400. The van der Waals surface area contributed by atoms with E-state index in [0.29, 0.717) is 22.6 Å². The maximum absolute atomic E-state index is 12.8. The number of benzene rings is 1. The number of para-hydroxylation sites is 1. The van der Waals surface area contributed by atoms with Crippen LogP contribution in [-0.2, 0) is 11.3 Å². The molecule has 2 aromatic rings. The topological polar surface area (TPSA) is 87.8 Å². The molecule has 0 spiro atoms. The normalized spacial score (nSPS) is 14.4. The minimum absolute atomic E-state index is 0.0404. The van der Waals surface area contributed by atoms with Crippen LogP contribution in [0, 0.1) is 17.2 Å². The van der Waals surface area contributed by atoms with E-state index in [-0.39, 0.29) is 17.4 Å². The molecule has 0 aliphatic carbocycles. The summed E-state index contributed by atoms with van der Waals surface area (Å²) >= 11 is 1.19. The van der Waals surface area contributed by atoms with E-state index in [4.69, 9.17) is 0 Å². The van der Waals surface area contributed by atoms with Crippen molar-refractivity contribution in [1.29, 1.82) is 5.26 Å². The lowest BCUT2D eigenvalue weighted by Crippen LogP contribution is -2.51. The van der Waals surface area contributed by atoms with E-state index in [9.17, 15) is 14.9 Å². The van der Waals surface area contributed by atoms with E-state index in [1.54, 1.807) is 38.1 Å². The van der Waals surface area contributed by atoms with Crippen molar-refractivity contribution in [2.24, 2.45) is 5.92 Å². The monoisotopic (exact) mass is 384 g/mol. The first-order valence-electron chi connectivity index (χ1n) is 8.74. The molecule has 27 heavy (non-hydrogen) atoms. The van der Waals surface area contributed by atoms with Crippen molar-refractivity contribution in [2.45, 2.75) is 50.2 Å². The molecule has 0 fully saturated rings. The summed E-state index contributed by atoms with van der Waals surface area (Å²) in [4.78, 5) is 30.0. The van der Waals surface area contributed by atoms with Gasteiger partial charge in [0.15, 0.2) is 5.16 Å². The lowest BCUT2D eigenvalue weighted by molar-refractivity contribution is -0.121. The average Bonchev–Trinajstić information content (AvgIpc) is 2.64. The van der Waals surface area contributed by atoms with Gasteiger partial charge in [0.25, 0.3) is 5.56 Å². The van der Waals surface area contributed by atoms with Crippen LogP contribution in [-0.4, -0.2) is 26.2 Å². The summed E-state index contributed by atoms with van der Waals surface area (Å²) in [6, 6.07) is 9.28. The Morgan fingerprint density at radius 1 is 1.44 bits per heavy atom. The molecule has 6 nitrogen and oxygen atoms in total. The predicted molar refractivity (Wildman–Crippen MR) is 109 cm³/mol. The van der Waals surface area contributed by atoms with Gasteiger partial charge in [-0.05, 0) is 31.9 Å². The molecule has 0 saturated carbocycles. The van der Waals surface area contributed by atoms with Gasteiger partial charge in [-0.25, -0.2) is 4.98 Å². The number of carbonyl (C=O) groups is 1. The first-order chi connectivity index (χ1) is 12.7. The summed E-state index contributed by atoms with van der Waals surface area (Å²) in [5.41, 5.74) is -0.537. The highest BCUT2D eigenvalue weighted by Gasteiger charge is 2.32. The number of nitrogens with zero attached hydrogens (tertiary/aromatic N) is 3. The molecule has 0 radical (unpaired) electrons. The third-order valence-corrected chi connectivity index (χ3v) is 5.65. The van der Waals surface area contributed by atoms with Crippen LogP contribution in [0.2, 0.25) is 0 Å². The van der Waals surface area contributed by atoms with E-state index in [0.717, 1.165) is 0 Å². The molecule has 1 heterocycles. The Bertz CT molecular complexity index is 961. The highest BCUT2D eigenvalue weighted by molar-refractivity contribution is 8.00. The molecular formula is C20H24N4O2S. The number of aromatic nitrogens is 2. The van der Waals surface area contributed by atoms with Gasteiger partial charge in [-0.2, -0.15) is 5.26 Å². The van der Waals surface area contributed by atoms with Crippen LogP contribution in [0.4, 0.5) is 0 Å². The zero-order valence-electron chi connectivity index (χ0n) is 16.0. The smallest absolute Gasteiger partial charge is 0.262 e. The van der Waals surface area contributed by atoms with E-state index in [1.165, 1.54) is 16.3 Å². The highest BCUT2D eigenvalue weighted by Crippen LogP contribution is 2.24. The maximum Gasteiger partial charge on any atom is 0.262 e. The summed E-state index contributed by atoms with van der Waals surface area (Å²) in [6.45, 7) is 11.2. The zero-order chi connectivity index (χ0) is 20.2. The lowest BCUT2D eigenvalue weighted by atomic mass is 9.90. The molecule has 1 amide bonds. The number of allylic oxidation sites excluding steroid dienone is 1. The van der Waals surface area contributed by atoms with Gasteiger partial charge in [0.2, 0.25) is 5.91 Å². The molecule has 0 aliphatic rings. The SMILES string of the molecule is C=CCn1c(S[C@H](C)C(=O)N[C@@](C)(C#N)C(C)C)nc2ccccc2c1=O. The average molecular weight is 385 g/mol. The van der Waals surface area contributed by atoms with Crippen molar-refractivity contribution < 1.29 is 4.79 Å². The van der Waals surface area contributed by atoms with Crippen molar-refractivity contribution in [2.75, 3.05) is 0 Å². The number of rotatable bonds is 7. The Balaban J connectivity index is 2.36. The van der Waals surface area contributed by atoms with Crippen LogP contribution in [0.3, 0.4) is 0 Å². The summed E-state index contributed by atoms with van der Waals surface area (Å²) in [5.74, 6) is -0.313. The van der Waals surface area contributed by atoms with E-state index >= 15 is 0 Å². The molecule has 2 rings (SSSR count). The van der Waals surface area contributed by atoms with Crippen LogP contribution in [0.5, 0.6) is 0 Å². The number of nitrogens with one attached hydrogen (secondary N) is 1. The van der Waals surface area contributed by atoms with Crippen molar-refractivity contribution in [3.8, 4) is 6.07 Å². The molecule has 0 bridgehead atoms. The van der Waals surface area contributed by atoms with Gasteiger partial charge in [-0.3, -0.25) is 14.2 Å². The van der Waals surface area contributed by atoms with Crippen LogP contribution in [0.15, 0.2) is 46.9 Å². The van der Waals surface area contributed by atoms with Gasteiger partial charge in [0.1, 0.15) is 5.54 Å². The molecule has 7 heteroatoms. The first kappa shape index (κ1) is 20.7. The third-order valence-electron chi connectivity index (χ3n) is 4.56. The van der Waals surface area contributed by atoms with Crippen LogP contribution in [0.1, 0.15) is 27.7 Å². The Hall–Kier alpha value is -2.59. The lowest BCUT2D eigenvalue weighted by Gasteiger charge is -2.28. The number of hydrogen-bond acceptors (Lipinski definition) is 5. The second-order valence-corrected chi connectivity index (χ2v) is 8.14. The number of nitriles is 1. The quantitative estimate of drug-likeness (QED) is 0.450. The minimum atomic E-state index is -0.955. The number of hydrogen-bond donors (Lipinski definition) is 1. The number of amides is 1. The molecule has 0 aliphatic heterocycles. The van der Waals surface area contributed by atoms with Crippen molar-refractivity contribution >= 4 is 28.6 Å². The Kier molecular flexibility index (Phi) is 6.45. The van der Waals surface area contributed by atoms with Crippen LogP contribution >= 0.6 is 11.8 Å². The maximum atomic E-state index is 12.8. The molecule has 0 unspecified atom stereocenters. The summed E-state index contributed by atoms with van der Waals surface area (Å²) < 4.78 is 1.51. The summed E-state index contributed by atoms with van der Waals surface area (Å²) in [6.07, 6.45) is 1.62. The van der Waals surface area contributed by atoms with Gasteiger partial charge < -0.3 is 5.32 Å². The Labute approximate surface area is 163 Å². The minimum Gasteiger partial charge on any atom is -0.337 e. The Morgan fingerprint density at radius 3 is 2.70 bits per heavy atom. The first-order valence-corrected chi connectivity index (χ1v) is 9.62. The molecule has 1 N–H and O–H groups in total. The summed E-state index contributed by atoms with van der Waals surface area (Å²) in [7, 11) is 0. The van der Waals surface area contributed by atoms with Gasteiger partial charge in [-0.1, -0.05) is 43.8 Å². The van der Waals surface area contributed by atoms with Crippen LogP contribution in [0.25, 0.3) is 10.9 Å². The van der Waals surface area contributed by atoms with Crippen molar-refractivity contribution in [1.82, 2.24) is 14.9 Å². The van der Waals surface area contributed by atoms with Crippen molar-refractivity contribution in [3.05, 3.63) is 47.3 Å². The van der Waals surface area contributed by atoms with Crippen LogP contribution < -0.4 is 10.9 Å². The van der Waals surface area contributed by atoms with Gasteiger partial charge in [0.05, 0.1) is 22.2 Å². The fourth-order valence-corrected chi connectivity index (χ4v) is 3.32. The van der Waals surface area contributed by atoms with Gasteiger partial charge in [-0.15, -0.1) is 6.58 Å². The van der Waals surface area contributed by atoms with Crippen molar-refractivity contribution in [3.63, 3.8) is 0 Å². The van der Waals surface area contributed by atoms with E-state index in [1.807, 2.05) is 19.9 Å². The van der Waals surface area contributed by atoms with E-state index < -0.39 is 10.8 Å². The molecule has 2 atom stereocenters. The summed E-state index contributed by atoms with van der Waals surface area (Å²) in [5, 5.41) is 12.7. The second-order valence-electron chi connectivity index (χ2n) is 6.83. The number of carbonyl (C=O) groups excluding carboxylic acids is 1. The predicted octanol–water partition coefficient (Wildman–Crippen LogP) is 3.12. The molecule has 1 aromatic heterocycles. The standard InChI is InChI=1S/C20H24N4O2S/c1-6-11-24-18(26)15-9-7-8-10-16(15)22-19(24)27-14(4)17(25)23-20(5,12-21)13(2)3/h6-10,13-14H,1,11H2,2-5H3,(H,23,25)/t14-,20+/m1/s1.